The summed E-state index contributed by atoms with van der Waals surface area (Å²) in [7, 11) is 0. The van der Waals surface area contributed by atoms with Crippen molar-refractivity contribution in [2.75, 3.05) is 13.2 Å². The molecule has 2 unspecified atom stereocenters. The summed E-state index contributed by atoms with van der Waals surface area (Å²) in [5, 5.41) is 16.3. The van der Waals surface area contributed by atoms with Crippen molar-refractivity contribution in [1.29, 1.82) is 0 Å². The molecule has 3 heterocycles. The van der Waals surface area contributed by atoms with Crippen LogP contribution < -0.4 is 10.6 Å². The summed E-state index contributed by atoms with van der Waals surface area (Å²) < 4.78 is -0.601. The third kappa shape index (κ3) is 4.34. The number of nitrogens with zero attached hydrogens (tertiary/aromatic N) is 1. The summed E-state index contributed by atoms with van der Waals surface area (Å²) in [6.45, 7) is 12.3. The Morgan fingerprint density at radius 2 is 1.97 bits per heavy atom. The molecule has 0 radical (unpaired) electrons. The molecule has 6 atom stereocenters. The van der Waals surface area contributed by atoms with Gasteiger partial charge in [-0.15, -0.1) is 11.8 Å². The number of thioether (sulfide) groups is 1. The first kappa shape index (κ1) is 24.4. The molecule has 3 fully saturated rings. The number of aliphatic hydroxyl groups is 1. The highest BCUT2D eigenvalue weighted by atomic mass is 32.2. The van der Waals surface area contributed by atoms with Crippen LogP contribution in [0.2, 0.25) is 0 Å². The molecular formula is C23H39N3O4S. The first-order valence-electron chi connectivity index (χ1n) is 11.7. The maximum atomic E-state index is 13.9. The van der Waals surface area contributed by atoms with Gasteiger partial charge in [0.2, 0.25) is 17.7 Å². The van der Waals surface area contributed by atoms with Crippen LogP contribution in [0.3, 0.4) is 0 Å². The van der Waals surface area contributed by atoms with E-state index in [4.69, 9.17) is 0 Å². The number of carbonyl (C=O) groups excluding carboxylic acids is 3. The molecule has 2 bridgehead atoms. The fourth-order valence-corrected chi connectivity index (χ4v) is 7.91. The largest absolute Gasteiger partial charge is 0.394 e. The van der Waals surface area contributed by atoms with Gasteiger partial charge in [-0.05, 0) is 52.4 Å². The summed E-state index contributed by atoms with van der Waals surface area (Å²) in [6.07, 6.45) is 3.03. The lowest BCUT2D eigenvalue weighted by Crippen LogP contribution is -2.59. The molecule has 31 heavy (non-hydrogen) atoms. The second-order valence-electron chi connectivity index (χ2n) is 10.8. The van der Waals surface area contributed by atoms with Crippen LogP contribution in [-0.4, -0.2) is 68.5 Å². The molecule has 7 nitrogen and oxygen atoms in total. The highest BCUT2D eigenvalue weighted by Gasteiger charge is 2.74. The maximum absolute atomic E-state index is 13.9. The molecule has 3 N–H and O–H groups in total. The minimum absolute atomic E-state index is 0.0653. The number of fused-ring (bicyclic) bond motifs is 1. The Morgan fingerprint density at radius 3 is 2.52 bits per heavy atom. The van der Waals surface area contributed by atoms with Gasteiger partial charge in [-0.1, -0.05) is 20.8 Å². The molecular weight excluding hydrogens is 414 g/mol. The second kappa shape index (κ2) is 8.93. The number of amides is 3. The second-order valence-corrected chi connectivity index (χ2v) is 12.4. The Morgan fingerprint density at radius 1 is 1.29 bits per heavy atom. The van der Waals surface area contributed by atoms with Crippen LogP contribution in [0.5, 0.6) is 0 Å². The fraction of sp³-hybridized carbons (Fsp3) is 0.870. The van der Waals surface area contributed by atoms with Crippen LogP contribution in [0.25, 0.3) is 0 Å². The maximum Gasteiger partial charge on any atom is 0.244 e. The van der Waals surface area contributed by atoms with Crippen LogP contribution in [-0.2, 0) is 14.4 Å². The van der Waals surface area contributed by atoms with E-state index in [-0.39, 0.29) is 35.5 Å². The number of hydrogen-bond acceptors (Lipinski definition) is 5. The number of rotatable bonds is 8. The van der Waals surface area contributed by atoms with Crippen LogP contribution in [0.4, 0.5) is 0 Å². The predicted octanol–water partition coefficient (Wildman–Crippen LogP) is 1.93. The third-order valence-electron chi connectivity index (χ3n) is 6.68. The van der Waals surface area contributed by atoms with E-state index in [1.807, 2.05) is 41.5 Å². The van der Waals surface area contributed by atoms with E-state index in [9.17, 15) is 19.5 Å². The van der Waals surface area contributed by atoms with Crippen molar-refractivity contribution in [2.45, 2.75) is 94.8 Å². The average Bonchev–Trinajstić information content (AvgIpc) is 3.30. The Kier molecular flexibility index (Phi) is 7.02. The van der Waals surface area contributed by atoms with Gasteiger partial charge in [0, 0.05) is 17.3 Å². The van der Waals surface area contributed by atoms with Gasteiger partial charge in [-0.25, -0.2) is 0 Å². The summed E-state index contributed by atoms with van der Waals surface area (Å²) in [5.74, 6) is -1.04. The summed E-state index contributed by atoms with van der Waals surface area (Å²) in [6, 6.07) is -1.10. The Bertz CT molecular complexity index is 722. The van der Waals surface area contributed by atoms with E-state index >= 15 is 0 Å². The zero-order valence-electron chi connectivity index (χ0n) is 19.7. The first-order valence-corrected chi connectivity index (χ1v) is 12.6. The van der Waals surface area contributed by atoms with Crippen LogP contribution in [0.1, 0.15) is 67.2 Å². The molecule has 1 spiro atoms. The van der Waals surface area contributed by atoms with Gasteiger partial charge in [0.25, 0.3) is 0 Å². The first-order chi connectivity index (χ1) is 14.5. The molecule has 0 aliphatic carbocycles. The lowest BCUT2D eigenvalue weighted by Gasteiger charge is -2.39. The lowest BCUT2D eigenvalue weighted by atomic mass is 9.70. The zero-order valence-corrected chi connectivity index (χ0v) is 20.6. The van der Waals surface area contributed by atoms with E-state index in [1.165, 1.54) is 0 Å². The lowest BCUT2D eigenvalue weighted by molar-refractivity contribution is -0.143. The van der Waals surface area contributed by atoms with Gasteiger partial charge in [0.05, 0.1) is 29.2 Å². The number of nitrogens with one attached hydrogen (secondary N) is 2. The summed E-state index contributed by atoms with van der Waals surface area (Å²) in [4.78, 5) is 42.2. The van der Waals surface area contributed by atoms with Crippen LogP contribution in [0, 0.1) is 17.8 Å². The SMILES string of the molecule is CCCNC(=O)[C@@H]1[C@H]2C(=O)N([C@@H](CO)CC(C)C)C(C(=O)NC(C)(C)C)C23CC[C@H]1S3. The molecule has 0 aromatic carbocycles. The Labute approximate surface area is 190 Å². The van der Waals surface area contributed by atoms with Crippen molar-refractivity contribution in [3.05, 3.63) is 0 Å². The van der Waals surface area contributed by atoms with Gasteiger partial charge < -0.3 is 20.6 Å². The van der Waals surface area contributed by atoms with Crippen molar-refractivity contribution < 1.29 is 19.5 Å². The van der Waals surface area contributed by atoms with Crippen LogP contribution in [0.15, 0.2) is 0 Å². The third-order valence-corrected chi connectivity index (χ3v) is 8.64. The average molecular weight is 454 g/mol. The van der Waals surface area contributed by atoms with Crippen molar-refractivity contribution in [2.24, 2.45) is 17.8 Å². The van der Waals surface area contributed by atoms with E-state index < -0.39 is 34.2 Å². The standard InChI is InChI=1S/C23H39N3O4S/c1-7-10-24-19(28)16-15-8-9-23(31-15)17(16)21(30)26(14(12-27)11-13(2)3)18(23)20(29)25-22(4,5)6/h13-18,27H,7-12H2,1-6H3,(H,24,28)(H,25,29)/t14-,15-,16+,17+,18?,23?/m1/s1. The van der Waals surface area contributed by atoms with Crippen molar-refractivity contribution in [1.82, 2.24) is 15.5 Å². The van der Waals surface area contributed by atoms with E-state index in [0.29, 0.717) is 13.0 Å². The topological polar surface area (TPSA) is 98.7 Å². The van der Waals surface area contributed by atoms with Crippen molar-refractivity contribution in [3.63, 3.8) is 0 Å². The highest BCUT2D eigenvalue weighted by molar-refractivity contribution is 8.02. The molecule has 8 heteroatoms. The van der Waals surface area contributed by atoms with Gasteiger partial charge in [-0.2, -0.15) is 0 Å². The molecule has 0 saturated carbocycles. The minimum Gasteiger partial charge on any atom is -0.394 e. The molecule has 3 saturated heterocycles. The number of hydrogen-bond donors (Lipinski definition) is 3. The van der Waals surface area contributed by atoms with Gasteiger partial charge in [0.1, 0.15) is 6.04 Å². The van der Waals surface area contributed by atoms with Crippen molar-refractivity contribution in [3.8, 4) is 0 Å². The fourth-order valence-electron chi connectivity index (χ4n) is 5.71. The molecule has 3 aliphatic heterocycles. The number of likely N-dealkylation sites (tertiary alicyclic amines) is 1. The summed E-state index contributed by atoms with van der Waals surface area (Å²) in [5.41, 5.74) is -0.438. The Hall–Kier alpha value is -1.28. The van der Waals surface area contributed by atoms with Gasteiger partial charge in [-0.3, -0.25) is 14.4 Å². The zero-order chi connectivity index (χ0) is 23.1. The molecule has 3 rings (SSSR count). The quantitative estimate of drug-likeness (QED) is 0.522. The predicted molar refractivity (Wildman–Crippen MR) is 122 cm³/mol. The van der Waals surface area contributed by atoms with Gasteiger partial charge >= 0.3 is 0 Å². The van der Waals surface area contributed by atoms with E-state index in [2.05, 4.69) is 10.6 Å². The van der Waals surface area contributed by atoms with E-state index in [1.54, 1.807) is 16.7 Å². The smallest absolute Gasteiger partial charge is 0.244 e. The molecule has 3 aliphatic rings. The monoisotopic (exact) mass is 453 g/mol. The van der Waals surface area contributed by atoms with Gasteiger partial charge in [0.15, 0.2) is 0 Å². The molecule has 0 aromatic rings. The highest BCUT2D eigenvalue weighted by Crippen LogP contribution is 2.66. The number of carbonyl (C=O) groups is 3. The van der Waals surface area contributed by atoms with Crippen LogP contribution >= 0.6 is 11.8 Å². The Balaban J connectivity index is 2.02. The summed E-state index contributed by atoms with van der Waals surface area (Å²) >= 11 is 1.67. The molecule has 176 valence electrons. The normalized spacial score (nSPS) is 33.0. The van der Waals surface area contributed by atoms with E-state index in [0.717, 1.165) is 19.3 Å². The molecule has 3 amide bonds. The minimum atomic E-state index is -0.667. The molecule has 0 aromatic heterocycles. The number of aliphatic hydroxyl groups excluding tert-OH is 1. The van der Waals surface area contributed by atoms with Crippen molar-refractivity contribution >= 4 is 29.5 Å².